The number of hydrogen-bond acceptors (Lipinski definition) is 5. The lowest BCUT2D eigenvalue weighted by molar-refractivity contribution is -0.890. The van der Waals surface area contributed by atoms with Crippen molar-refractivity contribution in [2.75, 3.05) is 26.4 Å². The highest BCUT2D eigenvalue weighted by atomic mass is 32.2. The molecule has 1 atom stereocenters. The van der Waals surface area contributed by atoms with Gasteiger partial charge in [0, 0.05) is 5.56 Å². The second-order valence-electron chi connectivity index (χ2n) is 5.22. The standard InChI is InChI=1S/C15H20N4OS2/c1-11-17-18-15(22-11)21-10-14(20)16-9-13(19(2)3)12-7-5-4-6-8-12/h4-8,13H,9-10H2,1-3H3,(H,16,20)/p+1/t13-/m1/s1. The van der Waals surface area contributed by atoms with Gasteiger partial charge in [0.1, 0.15) is 11.0 Å². The van der Waals surface area contributed by atoms with E-state index < -0.39 is 0 Å². The highest BCUT2D eigenvalue weighted by Gasteiger charge is 2.18. The predicted octanol–water partition coefficient (Wildman–Crippen LogP) is 0.941. The van der Waals surface area contributed by atoms with Gasteiger partial charge in [0.25, 0.3) is 0 Å². The molecule has 1 aromatic heterocycles. The normalized spacial score (nSPS) is 12.4. The average Bonchev–Trinajstić information content (AvgIpc) is 2.92. The molecule has 22 heavy (non-hydrogen) atoms. The molecule has 0 saturated carbocycles. The molecule has 0 unspecified atom stereocenters. The van der Waals surface area contributed by atoms with Crippen molar-refractivity contribution in [3.63, 3.8) is 0 Å². The van der Waals surface area contributed by atoms with E-state index in [0.717, 1.165) is 9.35 Å². The zero-order chi connectivity index (χ0) is 15.9. The van der Waals surface area contributed by atoms with E-state index in [0.29, 0.717) is 12.3 Å². The van der Waals surface area contributed by atoms with Crippen LogP contribution in [-0.2, 0) is 4.79 Å². The highest BCUT2D eigenvalue weighted by molar-refractivity contribution is 8.01. The Bertz CT molecular complexity index is 601. The van der Waals surface area contributed by atoms with E-state index in [-0.39, 0.29) is 11.9 Å². The minimum Gasteiger partial charge on any atom is -0.349 e. The summed E-state index contributed by atoms with van der Waals surface area (Å²) in [5, 5.41) is 11.9. The van der Waals surface area contributed by atoms with Gasteiger partial charge in [-0.2, -0.15) is 0 Å². The molecule has 5 nitrogen and oxygen atoms in total. The van der Waals surface area contributed by atoms with Crippen molar-refractivity contribution in [3.8, 4) is 0 Å². The minimum atomic E-state index is 0.0278. The van der Waals surface area contributed by atoms with Crippen LogP contribution >= 0.6 is 23.1 Å². The summed E-state index contributed by atoms with van der Waals surface area (Å²) in [5.41, 5.74) is 1.23. The number of carbonyl (C=O) groups excluding carboxylic acids is 1. The minimum absolute atomic E-state index is 0.0278. The third-order valence-electron chi connectivity index (χ3n) is 3.24. The molecule has 2 rings (SSSR count). The molecule has 7 heteroatoms. The van der Waals surface area contributed by atoms with Gasteiger partial charge < -0.3 is 10.2 Å². The second kappa shape index (κ2) is 8.26. The van der Waals surface area contributed by atoms with Crippen LogP contribution in [0.2, 0.25) is 0 Å². The number of aromatic nitrogens is 2. The molecule has 118 valence electrons. The summed E-state index contributed by atoms with van der Waals surface area (Å²) in [7, 11) is 4.20. The van der Waals surface area contributed by atoms with E-state index in [1.54, 1.807) is 0 Å². The largest absolute Gasteiger partial charge is 0.349 e. The number of quaternary nitrogens is 1. The van der Waals surface area contributed by atoms with Gasteiger partial charge in [0.2, 0.25) is 5.91 Å². The molecule has 0 bridgehead atoms. The number of amides is 1. The number of likely N-dealkylation sites (N-methyl/N-ethyl adjacent to an activating group) is 1. The zero-order valence-electron chi connectivity index (χ0n) is 13.0. The van der Waals surface area contributed by atoms with Gasteiger partial charge in [-0.3, -0.25) is 4.79 Å². The Labute approximate surface area is 139 Å². The van der Waals surface area contributed by atoms with Crippen LogP contribution in [0.5, 0.6) is 0 Å². The molecule has 0 fully saturated rings. The number of nitrogens with one attached hydrogen (secondary N) is 2. The van der Waals surface area contributed by atoms with Gasteiger partial charge in [-0.05, 0) is 6.92 Å². The maximum atomic E-state index is 12.0. The molecule has 0 radical (unpaired) electrons. The summed E-state index contributed by atoms with van der Waals surface area (Å²) < 4.78 is 0.838. The maximum absolute atomic E-state index is 12.0. The van der Waals surface area contributed by atoms with Crippen molar-refractivity contribution >= 4 is 29.0 Å². The smallest absolute Gasteiger partial charge is 0.230 e. The third kappa shape index (κ3) is 5.08. The summed E-state index contributed by atoms with van der Waals surface area (Å²) >= 11 is 2.94. The number of aryl methyl sites for hydroxylation is 1. The van der Waals surface area contributed by atoms with Crippen molar-refractivity contribution in [1.82, 2.24) is 15.5 Å². The van der Waals surface area contributed by atoms with Crippen LogP contribution < -0.4 is 10.2 Å². The second-order valence-corrected chi connectivity index (χ2v) is 7.62. The topological polar surface area (TPSA) is 59.3 Å². The number of carbonyl (C=O) groups is 1. The molecule has 0 aliphatic heterocycles. The van der Waals surface area contributed by atoms with E-state index >= 15 is 0 Å². The van der Waals surface area contributed by atoms with Crippen molar-refractivity contribution in [2.24, 2.45) is 0 Å². The third-order valence-corrected chi connectivity index (χ3v) is 5.21. The fourth-order valence-electron chi connectivity index (χ4n) is 2.07. The van der Waals surface area contributed by atoms with E-state index in [1.807, 2.05) is 25.1 Å². The molecule has 2 N–H and O–H groups in total. The summed E-state index contributed by atoms with van der Waals surface area (Å²) in [6.07, 6.45) is 0. The van der Waals surface area contributed by atoms with Crippen LogP contribution in [0.1, 0.15) is 16.6 Å². The Balaban J connectivity index is 1.83. The van der Waals surface area contributed by atoms with E-state index in [2.05, 4.69) is 41.7 Å². The molecular formula is C15H21N4OS2+. The quantitative estimate of drug-likeness (QED) is 0.739. The number of thioether (sulfide) groups is 1. The van der Waals surface area contributed by atoms with Gasteiger partial charge in [-0.15, -0.1) is 10.2 Å². The van der Waals surface area contributed by atoms with Crippen molar-refractivity contribution in [2.45, 2.75) is 17.3 Å². The van der Waals surface area contributed by atoms with Crippen molar-refractivity contribution < 1.29 is 9.69 Å². The number of benzene rings is 1. The lowest BCUT2D eigenvalue weighted by Gasteiger charge is -2.22. The molecule has 0 spiro atoms. The van der Waals surface area contributed by atoms with Crippen LogP contribution in [-0.4, -0.2) is 42.5 Å². The first-order chi connectivity index (χ1) is 10.6. The van der Waals surface area contributed by atoms with Crippen LogP contribution in [0, 0.1) is 6.92 Å². The molecule has 2 aromatic rings. The predicted molar refractivity (Wildman–Crippen MR) is 90.4 cm³/mol. The van der Waals surface area contributed by atoms with E-state index in [4.69, 9.17) is 0 Å². The monoisotopic (exact) mass is 337 g/mol. The molecule has 1 amide bonds. The Kier molecular flexibility index (Phi) is 6.35. The summed E-state index contributed by atoms with van der Waals surface area (Å²) in [4.78, 5) is 13.3. The zero-order valence-corrected chi connectivity index (χ0v) is 14.6. The first kappa shape index (κ1) is 16.9. The summed E-state index contributed by atoms with van der Waals surface area (Å²) in [6, 6.07) is 10.5. The fraction of sp³-hybridized carbons (Fsp3) is 0.400. The van der Waals surface area contributed by atoms with Crippen molar-refractivity contribution in [3.05, 3.63) is 40.9 Å². The number of rotatable bonds is 7. The van der Waals surface area contributed by atoms with E-state index in [9.17, 15) is 4.79 Å². The van der Waals surface area contributed by atoms with Gasteiger partial charge >= 0.3 is 0 Å². The van der Waals surface area contributed by atoms with Crippen LogP contribution in [0.15, 0.2) is 34.7 Å². The molecule has 0 aliphatic carbocycles. The molecule has 1 aromatic carbocycles. The van der Waals surface area contributed by atoms with E-state index in [1.165, 1.54) is 33.6 Å². The molecule has 0 aliphatic rings. The average molecular weight is 337 g/mol. The Morgan fingerprint density at radius 1 is 1.32 bits per heavy atom. The van der Waals surface area contributed by atoms with Crippen molar-refractivity contribution in [1.29, 1.82) is 0 Å². The number of nitrogens with zero attached hydrogens (tertiary/aromatic N) is 2. The lowest BCUT2D eigenvalue weighted by atomic mass is 10.1. The SMILES string of the molecule is Cc1nnc(SCC(=O)NC[C@H](c2ccccc2)[NH+](C)C)s1. The van der Waals surface area contributed by atoms with Crippen LogP contribution in [0.25, 0.3) is 0 Å². The van der Waals surface area contributed by atoms with Gasteiger partial charge in [0.15, 0.2) is 4.34 Å². The molecule has 1 heterocycles. The fourth-order valence-corrected chi connectivity index (χ4v) is 3.72. The molecule has 0 saturated heterocycles. The summed E-state index contributed by atoms with van der Waals surface area (Å²) in [6.45, 7) is 2.53. The van der Waals surface area contributed by atoms with Gasteiger partial charge in [-0.1, -0.05) is 53.4 Å². The van der Waals surface area contributed by atoms with Crippen LogP contribution in [0.3, 0.4) is 0 Å². The first-order valence-corrected chi connectivity index (χ1v) is 8.91. The Morgan fingerprint density at radius 2 is 2.05 bits per heavy atom. The lowest BCUT2D eigenvalue weighted by Crippen LogP contribution is -3.07. The maximum Gasteiger partial charge on any atom is 0.230 e. The molecular weight excluding hydrogens is 316 g/mol. The highest BCUT2D eigenvalue weighted by Crippen LogP contribution is 2.21. The summed E-state index contributed by atoms with van der Waals surface area (Å²) in [5.74, 6) is 0.402. The Hall–Kier alpha value is -1.44. The Morgan fingerprint density at radius 3 is 2.64 bits per heavy atom. The first-order valence-electron chi connectivity index (χ1n) is 7.11. The number of hydrogen-bond donors (Lipinski definition) is 2. The van der Waals surface area contributed by atoms with Crippen LogP contribution in [0.4, 0.5) is 0 Å². The van der Waals surface area contributed by atoms with Gasteiger partial charge in [-0.25, -0.2) is 0 Å². The van der Waals surface area contributed by atoms with Gasteiger partial charge in [0.05, 0.1) is 26.4 Å².